The molecule has 0 saturated carbocycles. The van der Waals surface area contributed by atoms with Crippen molar-refractivity contribution in [3.63, 3.8) is 0 Å². The van der Waals surface area contributed by atoms with Crippen molar-refractivity contribution in [2.75, 3.05) is 39.3 Å². The van der Waals surface area contributed by atoms with Crippen LogP contribution in [0.1, 0.15) is 49.6 Å². The molecule has 0 spiro atoms. The highest BCUT2D eigenvalue weighted by Gasteiger charge is 2.22. The van der Waals surface area contributed by atoms with Crippen molar-refractivity contribution in [2.45, 2.75) is 51.4 Å². The van der Waals surface area contributed by atoms with Crippen LogP contribution in [0.5, 0.6) is 0 Å². The SMILES string of the molecule is CC1CN(CCCNC(=O)c2cn(C3CCNCC3)nn2)CC(C)O1. The minimum atomic E-state index is -0.135. The van der Waals surface area contributed by atoms with Gasteiger partial charge in [-0.2, -0.15) is 0 Å². The zero-order valence-electron chi connectivity index (χ0n) is 15.3. The predicted octanol–water partition coefficient (Wildman–Crippen LogP) is 0.432. The van der Waals surface area contributed by atoms with Crippen LogP contribution in [0.2, 0.25) is 0 Å². The number of piperidine rings is 1. The molecule has 2 aliphatic rings. The second-order valence-corrected chi connectivity index (χ2v) is 7.19. The summed E-state index contributed by atoms with van der Waals surface area (Å²) in [5.74, 6) is -0.135. The lowest BCUT2D eigenvalue weighted by molar-refractivity contribution is -0.0679. The molecule has 2 N–H and O–H groups in total. The Morgan fingerprint density at radius 2 is 2.04 bits per heavy atom. The van der Waals surface area contributed by atoms with E-state index in [1.165, 1.54) is 0 Å². The summed E-state index contributed by atoms with van der Waals surface area (Å²) in [5.41, 5.74) is 0.409. The van der Waals surface area contributed by atoms with Crippen LogP contribution in [0.4, 0.5) is 0 Å². The standard InChI is InChI=1S/C17H30N6O2/c1-13-10-22(11-14(2)25-13)9-3-6-19-17(24)16-12-23(21-20-16)15-4-7-18-8-5-15/h12-15,18H,3-11H2,1-2H3,(H,19,24). The number of carbonyl (C=O) groups excluding carboxylic acids is 1. The number of nitrogens with one attached hydrogen (secondary N) is 2. The van der Waals surface area contributed by atoms with Crippen molar-refractivity contribution >= 4 is 5.91 Å². The van der Waals surface area contributed by atoms with Crippen LogP contribution in [-0.4, -0.2) is 77.3 Å². The van der Waals surface area contributed by atoms with E-state index in [0.717, 1.165) is 52.0 Å². The fourth-order valence-electron chi connectivity index (χ4n) is 3.69. The van der Waals surface area contributed by atoms with Gasteiger partial charge in [-0.25, -0.2) is 4.68 Å². The first-order valence-electron chi connectivity index (χ1n) is 9.40. The van der Waals surface area contributed by atoms with E-state index < -0.39 is 0 Å². The smallest absolute Gasteiger partial charge is 0.273 e. The minimum Gasteiger partial charge on any atom is -0.373 e. The van der Waals surface area contributed by atoms with Crippen LogP contribution in [0, 0.1) is 0 Å². The summed E-state index contributed by atoms with van der Waals surface area (Å²) in [7, 11) is 0. The molecule has 1 aromatic rings. The fourth-order valence-corrected chi connectivity index (χ4v) is 3.69. The van der Waals surface area contributed by atoms with Crippen molar-refractivity contribution in [1.82, 2.24) is 30.5 Å². The quantitative estimate of drug-likeness (QED) is 0.724. The molecule has 8 heteroatoms. The molecule has 3 heterocycles. The van der Waals surface area contributed by atoms with Gasteiger partial charge >= 0.3 is 0 Å². The van der Waals surface area contributed by atoms with Gasteiger partial charge in [0.05, 0.1) is 24.4 Å². The van der Waals surface area contributed by atoms with Crippen LogP contribution >= 0.6 is 0 Å². The van der Waals surface area contributed by atoms with Gasteiger partial charge in [-0.15, -0.1) is 5.10 Å². The van der Waals surface area contributed by atoms with Crippen molar-refractivity contribution in [3.8, 4) is 0 Å². The number of ether oxygens (including phenoxy) is 1. The summed E-state index contributed by atoms with van der Waals surface area (Å²) in [6.07, 6.45) is 5.32. The van der Waals surface area contributed by atoms with Gasteiger partial charge in [0.2, 0.25) is 0 Å². The third kappa shape index (κ3) is 5.23. The number of nitrogens with zero attached hydrogens (tertiary/aromatic N) is 4. The topological polar surface area (TPSA) is 84.3 Å². The molecule has 8 nitrogen and oxygen atoms in total. The molecule has 25 heavy (non-hydrogen) atoms. The van der Waals surface area contributed by atoms with Gasteiger partial charge in [-0.3, -0.25) is 9.69 Å². The van der Waals surface area contributed by atoms with Gasteiger partial charge in [0.1, 0.15) is 0 Å². The Kier molecular flexibility index (Phi) is 6.39. The second-order valence-electron chi connectivity index (χ2n) is 7.19. The lowest BCUT2D eigenvalue weighted by Crippen LogP contribution is -2.46. The summed E-state index contributed by atoms with van der Waals surface area (Å²) >= 11 is 0. The highest BCUT2D eigenvalue weighted by atomic mass is 16.5. The Balaban J connectivity index is 1.38. The van der Waals surface area contributed by atoms with Gasteiger partial charge in [0.15, 0.2) is 5.69 Å². The summed E-state index contributed by atoms with van der Waals surface area (Å²) in [4.78, 5) is 14.6. The minimum absolute atomic E-state index is 0.135. The van der Waals surface area contributed by atoms with E-state index in [9.17, 15) is 4.79 Å². The van der Waals surface area contributed by atoms with Crippen molar-refractivity contribution in [1.29, 1.82) is 0 Å². The molecular weight excluding hydrogens is 320 g/mol. The molecule has 2 aliphatic heterocycles. The van der Waals surface area contributed by atoms with E-state index in [1.807, 2.05) is 4.68 Å². The number of morpholine rings is 1. The Labute approximate surface area is 149 Å². The first kappa shape index (κ1) is 18.3. The predicted molar refractivity (Wildman–Crippen MR) is 94.6 cm³/mol. The summed E-state index contributed by atoms with van der Waals surface area (Å²) < 4.78 is 7.58. The maximum atomic E-state index is 12.2. The molecule has 2 unspecified atom stereocenters. The molecule has 1 aromatic heterocycles. The highest BCUT2D eigenvalue weighted by Crippen LogP contribution is 2.17. The van der Waals surface area contributed by atoms with Gasteiger partial charge in [0.25, 0.3) is 5.91 Å². The lowest BCUT2D eigenvalue weighted by Gasteiger charge is -2.35. The largest absolute Gasteiger partial charge is 0.373 e. The fraction of sp³-hybridized carbons (Fsp3) is 0.824. The summed E-state index contributed by atoms with van der Waals surface area (Å²) in [6.45, 7) is 9.74. The monoisotopic (exact) mass is 350 g/mol. The van der Waals surface area contributed by atoms with E-state index >= 15 is 0 Å². The molecule has 0 aromatic carbocycles. The average Bonchev–Trinajstić information content (AvgIpc) is 3.09. The van der Waals surface area contributed by atoms with Crippen molar-refractivity contribution in [2.24, 2.45) is 0 Å². The molecule has 2 saturated heterocycles. The zero-order valence-corrected chi connectivity index (χ0v) is 15.3. The molecule has 0 aliphatic carbocycles. The molecule has 0 bridgehead atoms. The van der Waals surface area contributed by atoms with E-state index in [2.05, 4.69) is 39.7 Å². The van der Waals surface area contributed by atoms with Gasteiger partial charge in [-0.1, -0.05) is 5.21 Å². The first-order valence-corrected chi connectivity index (χ1v) is 9.40. The molecule has 2 fully saturated rings. The maximum absolute atomic E-state index is 12.2. The zero-order chi connectivity index (χ0) is 17.6. The summed E-state index contributed by atoms with van der Waals surface area (Å²) in [6, 6.07) is 0.348. The van der Waals surface area contributed by atoms with Crippen molar-refractivity contribution in [3.05, 3.63) is 11.9 Å². The normalized spacial score (nSPS) is 25.8. The molecule has 2 atom stereocenters. The molecule has 0 radical (unpaired) electrons. The summed E-state index contributed by atoms with van der Waals surface area (Å²) in [5, 5.41) is 14.4. The van der Waals surface area contributed by atoms with Crippen LogP contribution in [0.25, 0.3) is 0 Å². The molecular formula is C17H30N6O2. The molecule has 1 amide bonds. The third-order valence-corrected chi connectivity index (χ3v) is 4.86. The molecule has 140 valence electrons. The Hall–Kier alpha value is -1.51. The van der Waals surface area contributed by atoms with E-state index in [4.69, 9.17) is 4.74 Å². The number of amides is 1. The van der Waals surface area contributed by atoms with E-state index in [0.29, 0.717) is 18.3 Å². The highest BCUT2D eigenvalue weighted by molar-refractivity contribution is 5.91. The van der Waals surface area contributed by atoms with E-state index in [-0.39, 0.29) is 18.1 Å². The van der Waals surface area contributed by atoms with Crippen LogP contribution in [0.3, 0.4) is 0 Å². The Morgan fingerprint density at radius 3 is 2.76 bits per heavy atom. The maximum Gasteiger partial charge on any atom is 0.273 e. The number of aromatic nitrogens is 3. The van der Waals surface area contributed by atoms with Crippen LogP contribution < -0.4 is 10.6 Å². The van der Waals surface area contributed by atoms with Crippen LogP contribution in [-0.2, 0) is 4.74 Å². The number of carbonyl (C=O) groups is 1. The number of hydrogen-bond acceptors (Lipinski definition) is 6. The number of hydrogen-bond donors (Lipinski definition) is 2. The van der Waals surface area contributed by atoms with E-state index in [1.54, 1.807) is 6.20 Å². The average molecular weight is 350 g/mol. The van der Waals surface area contributed by atoms with Gasteiger partial charge in [-0.05, 0) is 46.2 Å². The van der Waals surface area contributed by atoms with Crippen molar-refractivity contribution < 1.29 is 9.53 Å². The molecule has 3 rings (SSSR count). The lowest BCUT2D eigenvalue weighted by atomic mass is 10.1. The Morgan fingerprint density at radius 1 is 1.32 bits per heavy atom. The van der Waals surface area contributed by atoms with Gasteiger partial charge in [0, 0.05) is 26.2 Å². The third-order valence-electron chi connectivity index (χ3n) is 4.86. The second kappa shape index (κ2) is 8.73. The van der Waals surface area contributed by atoms with Gasteiger partial charge < -0.3 is 15.4 Å². The first-order chi connectivity index (χ1) is 12.1. The van der Waals surface area contributed by atoms with Crippen LogP contribution in [0.15, 0.2) is 6.20 Å². The Bertz CT molecular complexity index is 547. The number of rotatable bonds is 6.